The summed E-state index contributed by atoms with van der Waals surface area (Å²) in [5.74, 6) is -0.532. The van der Waals surface area contributed by atoms with Crippen LogP contribution in [-0.4, -0.2) is 23.1 Å². The Kier molecular flexibility index (Phi) is 6.10. The molecular weight excluding hydrogens is 442 g/mol. The molecule has 0 aliphatic heterocycles. The van der Waals surface area contributed by atoms with E-state index in [2.05, 4.69) is 47.7 Å². The minimum Gasteiger partial charge on any atom is -0.506 e. The summed E-state index contributed by atoms with van der Waals surface area (Å²) in [5, 5.41) is 16.1. The van der Waals surface area contributed by atoms with Gasteiger partial charge in [-0.25, -0.2) is 5.43 Å². The number of nitrogens with zero attached hydrogens (tertiary/aromatic N) is 1. The predicted octanol–water partition coefficient (Wildman–Crippen LogP) is 3.64. The molecule has 24 heavy (non-hydrogen) atoms. The van der Waals surface area contributed by atoms with E-state index in [0.29, 0.717) is 25.8 Å². The molecule has 0 fully saturated rings. The number of nitrogens with one attached hydrogen (secondary N) is 2. The second kappa shape index (κ2) is 8.07. The molecule has 0 saturated carbocycles. The van der Waals surface area contributed by atoms with E-state index in [1.165, 1.54) is 13.1 Å². The third-order valence-corrected chi connectivity index (χ3v) is 4.07. The zero-order valence-electron chi connectivity index (χ0n) is 12.5. The van der Waals surface area contributed by atoms with Gasteiger partial charge in [0.1, 0.15) is 5.75 Å². The third kappa shape index (κ3) is 4.90. The highest BCUT2D eigenvalue weighted by atomic mass is 79.9. The van der Waals surface area contributed by atoms with Gasteiger partial charge in [-0.15, -0.1) is 0 Å². The first-order valence-corrected chi connectivity index (χ1v) is 8.34. The maximum atomic E-state index is 12.1. The molecule has 0 aliphatic rings. The zero-order chi connectivity index (χ0) is 17.7. The van der Waals surface area contributed by atoms with Crippen molar-refractivity contribution >= 4 is 55.6 Å². The Hall–Kier alpha value is -2.19. The molecule has 0 heterocycles. The van der Waals surface area contributed by atoms with Gasteiger partial charge in [0, 0.05) is 18.2 Å². The topological polar surface area (TPSA) is 90.8 Å². The van der Waals surface area contributed by atoms with Gasteiger partial charge in [-0.3, -0.25) is 9.59 Å². The van der Waals surface area contributed by atoms with Crippen molar-refractivity contribution in [1.29, 1.82) is 0 Å². The van der Waals surface area contributed by atoms with Crippen LogP contribution in [0.4, 0.5) is 5.69 Å². The number of aromatic hydroxyl groups is 1. The van der Waals surface area contributed by atoms with Crippen molar-refractivity contribution in [2.45, 2.75) is 6.92 Å². The van der Waals surface area contributed by atoms with E-state index in [-0.39, 0.29) is 11.7 Å². The van der Waals surface area contributed by atoms with Crippen LogP contribution in [-0.2, 0) is 4.79 Å². The van der Waals surface area contributed by atoms with Crippen LogP contribution < -0.4 is 10.7 Å². The average Bonchev–Trinajstić information content (AvgIpc) is 2.52. The summed E-state index contributed by atoms with van der Waals surface area (Å²) in [4.78, 5) is 23.1. The number of hydrogen-bond acceptors (Lipinski definition) is 4. The van der Waals surface area contributed by atoms with Gasteiger partial charge in [-0.1, -0.05) is 6.07 Å². The summed E-state index contributed by atoms with van der Waals surface area (Å²) in [5.41, 5.74) is 3.99. The summed E-state index contributed by atoms with van der Waals surface area (Å²) in [6.07, 6.45) is 1.45. The molecule has 0 spiro atoms. The smallest absolute Gasteiger partial charge is 0.271 e. The van der Waals surface area contributed by atoms with Gasteiger partial charge >= 0.3 is 0 Å². The number of hydrazone groups is 1. The number of anilines is 1. The highest BCUT2D eigenvalue weighted by Gasteiger charge is 2.07. The summed E-state index contributed by atoms with van der Waals surface area (Å²) < 4.78 is 1.01. The molecular formula is C16H13Br2N3O3. The molecule has 0 aliphatic carbocycles. The van der Waals surface area contributed by atoms with E-state index in [4.69, 9.17) is 0 Å². The van der Waals surface area contributed by atoms with Crippen molar-refractivity contribution in [3.8, 4) is 5.75 Å². The molecule has 2 aromatic carbocycles. The number of rotatable bonds is 4. The fraction of sp³-hybridized carbons (Fsp3) is 0.0625. The standard InChI is InChI=1S/C16H13Br2N3O3/c1-9(22)20-12-4-2-3-11(7-12)16(24)21-19-8-10-5-13(17)15(23)14(18)6-10/h2-8,23H,1H3,(H,20,22)(H,21,24). The molecule has 0 saturated heterocycles. The highest BCUT2D eigenvalue weighted by Crippen LogP contribution is 2.32. The number of benzene rings is 2. The van der Waals surface area contributed by atoms with Crippen LogP contribution in [0.25, 0.3) is 0 Å². The van der Waals surface area contributed by atoms with Crippen LogP contribution in [0.2, 0.25) is 0 Å². The molecule has 124 valence electrons. The second-order valence-corrected chi connectivity index (χ2v) is 6.50. The van der Waals surface area contributed by atoms with Crippen LogP contribution in [0.3, 0.4) is 0 Å². The van der Waals surface area contributed by atoms with E-state index in [9.17, 15) is 14.7 Å². The maximum Gasteiger partial charge on any atom is 0.271 e. The summed E-state index contributed by atoms with van der Waals surface area (Å²) in [6, 6.07) is 9.84. The van der Waals surface area contributed by atoms with E-state index in [1.54, 1.807) is 36.4 Å². The van der Waals surface area contributed by atoms with Gasteiger partial charge in [0.15, 0.2) is 0 Å². The lowest BCUT2D eigenvalue weighted by atomic mass is 10.2. The summed E-state index contributed by atoms with van der Waals surface area (Å²) in [6.45, 7) is 1.39. The minimum absolute atomic E-state index is 0.0889. The number of amides is 2. The lowest BCUT2D eigenvalue weighted by Gasteiger charge is -2.05. The van der Waals surface area contributed by atoms with Gasteiger partial charge in [0.2, 0.25) is 5.91 Å². The first-order chi connectivity index (χ1) is 11.4. The van der Waals surface area contributed by atoms with Crippen molar-refractivity contribution in [1.82, 2.24) is 5.43 Å². The Morgan fingerprint density at radius 2 is 1.83 bits per heavy atom. The number of hydrogen-bond donors (Lipinski definition) is 3. The molecule has 0 unspecified atom stereocenters. The number of phenolic OH excluding ortho intramolecular Hbond substituents is 1. The fourth-order valence-corrected chi connectivity index (χ4v) is 3.05. The molecule has 3 N–H and O–H groups in total. The van der Waals surface area contributed by atoms with Crippen LogP contribution in [0.15, 0.2) is 50.4 Å². The van der Waals surface area contributed by atoms with Gasteiger partial charge in [-0.05, 0) is 67.8 Å². The number of carbonyl (C=O) groups excluding carboxylic acids is 2. The van der Waals surface area contributed by atoms with Crippen LogP contribution in [0.5, 0.6) is 5.75 Å². The second-order valence-electron chi connectivity index (χ2n) is 4.79. The lowest BCUT2D eigenvalue weighted by molar-refractivity contribution is -0.114. The average molecular weight is 455 g/mol. The Bertz CT molecular complexity index is 799. The van der Waals surface area contributed by atoms with Gasteiger partial charge in [-0.2, -0.15) is 5.10 Å². The number of carbonyl (C=O) groups is 2. The van der Waals surface area contributed by atoms with Crippen molar-refractivity contribution < 1.29 is 14.7 Å². The van der Waals surface area contributed by atoms with E-state index in [1.807, 2.05) is 0 Å². The first-order valence-electron chi connectivity index (χ1n) is 6.76. The normalized spacial score (nSPS) is 10.6. The Labute approximate surface area is 155 Å². The van der Waals surface area contributed by atoms with E-state index in [0.717, 1.165) is 0 Å². The first kappa shape index (κ1) is 18.2. The predicted molar refractivity (Wildman–Crippen MR) is 99.3 cm³/mol. The lowest BCUT2D eigenvalue weighted by Crippen LogP contribution is -2.18. The van der Waals surface area contributed by atoms with Crippen LogP contribution >= 0.6 is 31.9 Å². The van der Waals surface area contributed by atoms with Crippen molar-refractivity contribution in [3.05, 3.63) is 56.5 Å². The molecule has 0 bridgehead atoms. The van der Waals surface area contributed by atoms with Gasteiger partial charge in [0.25, 0.3) is 5.91 Å². The van der Waals surface area contributed by atoms with Gasteiger partial charge < -0.3 is 10.4 Å². The zero-order valence-corrected chi connectivity index (χ0v) is 15.7. The Balaban J connectivity index is 2.06. The van der Waals surface area contributed by atoms with Crippen LogP contribution in [0, 0.1) is 0 Å². The largest absolute Gasteiger partial charge is 0.506 e. The molecule has 2 amide bonds. The minimum atomic E-state index is -0.407. The molecule has 0 radical (unpaired) electrons. The maximum absolute atomic E-state index is 12.1. The van der Waals surface area contributed by atoms with Crippen molar-refractivity contribution in [3.63, 3.8) is 0 Å². The molecule has 0 atom stereocenters. The monoisotopic (exact) mass is 453 g/mol. The quantitative estimate of drug-likeness (QED) is 0.486. The molecule has 0 aromatic heterocycles. The number of halogens is 2. The Morgan fingerprint density at radius 1 is 1.17 bits per heavy atom. The highest BCUT2D eigenvalue weighted by molar-refractivity contribution is 9.11. The van der Waals surface area contributed by atoms with Crippen molar-refractivity contribution in [2.75, 3.05) is 5.32 Å². The fourth-order valence-electron chi connectivity index (χ4n) is 1.83. The van der Waals surface area contributed by atoms with Gasteiger partial charge in [0.05, 0.1) is 15.2 Å². The third-order valence-electron chi connectivity index (χ3n) is 2.86. The molecule has 2 rings (SSSR count). The summed E-state index contributed by atoms with van der Waals surface area (Å²) >= 11 is 6.44. The van der Waals surface area contributed by atoms with E-state index >= 15 is 0 Å². The summed E-state index contributed by atoms with van der Waals surface area (Å²) in [7, 11) is 0. The molecule has 6 nitrogen and oxygen atoms in total. The molecule has 8 heteroatoms. The Morgan fingerprint density at radius 3 is 2.46 bits per heavy atom. The number of phenols is 1. The SMILES string of the molecule is CC(=O)Nc1cccc(C(=O)NN=Cc2cc(Br)c(O)c(Br)c2)c1. The molecule has 2 aromatic rings. The van der Waals surface area contributed by atoms with E-state index < -0.39 is 5.91 Å². The van der Waals surface area contributed by atoms with Crippen LogP contribution in [0.1, 0.15) is 22.8 Å². The van der Waals surface area contributed by atoms with Crippen molar-refractivity contribution in [2.24, 2.45) is 5.10 Å².